The van der Waals surface area contributed by atoms with Gasteiger partial charge in [-0.1, -0.05) is 6.42 Å². The summed E-state index contributed by atoms with van der Waals surface area (Å²) in [5.74, 6) is 0.406. The van der Waals surface area contributed by atoms with Crippen molar-refractivity contribution < 1.29 is 14.0 Å². The van der Waals surface area contributed by atoms with E-state index in [1.165, 1.54) is 30.4 Å². The van der Waals surface area contributed by atoms with Crippen molar-refractivity contribution in [1.82, 2.24) is 19.6 Å². The fourth-order valence-corrected chi connectivity index (χ4v) is 3.26. The average molecular weight is 373 g/mol. The van der Waals surface area contributed by atoms with Gasteiger partial charge in [0.25, 0.3) is 11.8 Å². The van der Waals surface area contributed by atoms with Crippen LogP contribution in [-0.2, 0) is 13.1 Å². The standard InChI is InChI=1S/C19H27N5O3/c1-4-24-17(19(26)22(2)3)15(12-20-24)21-18(25)16-9-8-14(27-16)13-23-10-6-5-7-11-23/h8-9,12H,4-7,10-11,13H2,1-3H3,(H,21,25). The normalized spacial score (nSPS) is 14.9. The minimum Gasteiger partial charge on any atom is -0.455 e. The highest BCUT2D eigenvalue weighted by atomic mass is 16.4. The van der Waals surface area contributed by atoms with Gasteiger partial charge in [0.2, 0.25) is 0 Å². The van der Waals surface area contributed by atoms with Crippen LogP contribution in [0.3, 0.4) is 0 Å². The SMILES string of the molecule is CCn1ncc(NC(=O)c2ccc(CN3CCCCC3)o2)c1C(=O)N(C)C. The predicted molar refractivity (Wildman–Crippen MR) is 102 cm³/mol. The molecule has 0 aromatic carbocycles. The van der Waals surface area contributed by atoms with Gasteiger partial charge < -0.3 is 14.6 Å². The van der Waals surface area contributed by atoms with Crippen LogP contribution in [-0.4, -0.2) is 58.6 Å². The molecule has 2 amide bonds. The number of likely N-dealkylation sites (tertiary alicyclic amines) is 1. The Balaban J connectivity index is 1.71. The highest BCUT2D eigenvalue weighted by Gasteiger charge is 2.23. The molecular formula is C19H27N5O3. The van der Waals surface area contributed by atoms with Gasteiger partial charge in [0, 0.05) is 20.6 Å². The summed E-state index contributed by atoms with van der Waals surface area (Å²) in [4.78, 5) is 28.8. The molecule has 0 bridgehead atoms. The molecule has 27 heavy (non-hydrogen) atoms. The third-order valence-corrected chi connectivity index (χ3v) is 4.71. The molecule has 146 valence electrons. The van der Waals surface area contributed by atoms with Crippen molar-refractivity contribution in [2.24, 2.45) is 0 Å². The van der Waals surface area contributed by atoms with Crippen molar-refractivity contribution in [1.29, 1.82) is 0 Å². The third-order valence-electron chi connectivity index (χ3n) is 4.71. The van der Waals surface area contributed by atoms with Gasteiger partial charge in [-0.05, 0) is 45.0 Å². The minimum absolute atomic E-state index is 0.213. The summed E-state index contributed by atoms with van der Waals surface area (Å²) in [5, 5.41) is 6.94. The molecule has 0 radical (unpaired) electrons. The molecule has 3 heterocycles. The Labute approximate surface area is 159 Å². The van der Waals surface area contributed by atoms with Crippen LogP contribution in [0.25, 0.3) is 0 Å². The number of amides is 2. The van der Waals surface area contributed by atoms with Crippen LogP contribution in [0, 0.1) is 0 Å². The molecular weight excluding hydrogens is 346 g/mol. The zero-order chi connectivity index (χ0) is 19.4. The summed E-state index contributed by atoms with van der Waals surface area (Å²) in [6, 6.07) is 3.51. The molecule has 0 unspecified atom stereocenters. The van der Waals surface area contributed by atoms with Crippen LogP contribution in [0.1, 0.15) is 53.0 Å². The number of aryl methyl sites for hydroxylation is 1. The van der Waals surface area contributed by atoms with E-state index in [1.54, 1.807) is 24.8 Å². The third kappa shape index (κ3) is 4.39. The van der Waals surface area contributed by atoms with Crippen molar-refractivity contribution in [3.05, 3.63) is 35.5 Å². The van der Waals surface area contributed by atoms with Gasteiger partial charge in [0.15, 0.2) is 5.76 Å². The van der Waals surface area contributed by atoms with E-state index < -0.39 is 0 Å². The maximum Gasteiger partial charge on any atom is 0.291 e. The fraction of sp³-hybridized carbons (Fsp3) is 0.526. The highest BCUT2D eigenvalue weighted by Crippen LogP contribution is 2.20. The number of nitrogens with zero attached hydrogens (tertiary/aromatic N) is 4. The quantitative estimate of drug-likeness (QED) is 0.841. The maximum atomic E-state index is 12.6. The number of carbonyl (C=O) groups is 2. The van der Waals surface area contributed by atoms with Crippen LogP contribution in [0.15, 0.2) is 22.7 Å². The molecule has 1 saturated heterocycles. The van der Waals surface area contributed by atoms with Crippen molar-refractivity contribution in [3.63, 3.8) is 0 Å². The largest absolute Gasteiger partial charge is 0.455 e. The molecule has 2 aromatic heterocycles. The van der Waals surface area contributed by atoms with E-state index in [1.807, 2.05) is 13.0 Å². The number of furan rings is 1. The zero-order valence-corrected chi connectivity index (χ0v) is 16.2. The summed E-state index contributed by atoms with van der Waals surface area (Å²) in [5.41, 5.74) is 0.741. The van der Waals surface area contributed by atoms with Gasteiger partial charge in [-0.2, -0.15) is 5.10 Å². The molecule has 0 saturated carbocycles. The van der Waals surface area contributed by atoms with Crippen LogP contribution in [0.2, 0.25) is 0 Å². The molecule has 2 aromatic rings. The van der Waals surface area contributed by atoms with E-state index >= 15 is 0 Å². The minimum atomic E-state index is -0.386. The van der Waals surface area contributed by atoms with Crippen LogP contribution in [0.4, 0.5) is 5.69 Å². The molecule has 0 spiro atoms. The number of hydrogen-bond acceptors (Lipinski definition) is 5. The Morgan fingerprint density at radius 3 is 2.63 bits per heavy atom. The smallest absolute Gasteiger partial charge is 0.291 e. The van der Waals surface area contributed by atoms with E-state index in [2.05, 4.69) is 15.3 Å². The number of hydrogen-bond donors (Lipinski definition) is 1. The highest BCUT2D eigenvalue weighted by molar-refractivity contribution is 6.07. The average Bonchev–Trinajstić information content (AvgIpc) is 3.28. The van der Waals surface area contributed by atoms with Gasteiger partial charge >= 0.3 is 0 Å². The molecule has 0 atom stereocenters. The van der Waals surface area contributed by atoms with Crippen molar-refractivity contribution in [2.45, 2.75) is 39.3 Å². The Kier molecular flexibility index (Phi) is 5.95. The second-order valence-electron chi connectivity index (χ2n) is 6.98. The molecule has 8 heteroatoms. The van der Waals surface area contributed by atoms with E-state index in [-0.39, 0.29) is 17.6 Å². The van der Waals surface area contributed by atoms with Crippen LogP contribution < -0.4 is 5.32 Å². The summed E-state index contributed by atoms with van der Waals surface area (Å²) < 4.78 is 7.30. The Morgan fingerprint density at radius 2 is 1.96 bits per heavy atom. The first-order chi connectivity index (χ1) is 13.0. The number of anilines is 1. The van der Waals surface area contributed by atoms with Crippen molar-refractivity contribution in [2.75, 3.05) is 32.5 Å². The number of piperidine rings is 1. The van der Waals surface area contributed by atoms with E-state index in [0.717, 1.165) is 18.8 Å². The molecule has 3 rings (SSSR count). The lowest BCUT2D eigenvalue weighted by atomic mass is 10.1. The Hall–Kier alpha value is -2.61. The van der Waals surface area contributed by atoms with Crippen LogP contribution in [0.5, 0.6) is 0 Å². The number of rotatable bonds is 6. The Morgan fingerprint density at radius 1 is 1.22 bits per heavy atom. The van der Waals surface area contributed by atoms with E-state index in [9.17, 15) is 9.59 Å². The molecule has 1 N–H and O–H groups in total. The summed E-state index contributed by atoms with van der Waals surface area (Å²) >= 11 is 0. The molecule has 1 aliphatic heterocycles. The lowest BCUT2D eigenvalue weighted by molar-refractivity contribution is 0.0816. The maximum absolute atomic E-state index is 12.6. The van der Waals surface area contributed by atoms with E-state index in [0.29, 0.717) is 24.5 Å². The summed E-state index contributed by atoms with van der Waals surface area (Å²) in [7, 11) is 3.33. The van der Waals surface area contributed by atoms with Gasteiger partial charge in [-0.15, -0.1) is 0 Å². The molecule has 0 aliphatic carbocycles. The van der Waals surface area contributed by atoms with Gasteiger partial charge in [0.1, 0.15) is 11.5 Å². The van der Waals surface area contributed by atoms with Crippen molar-refractivity contribution in [3.8, 4) is 0 Å². The first kappa shape index (κ1) is 19.2. The van der Waals surface area contributed by atoms with Gasteiger partial charge in [-0.3, -0.25) is 19.2 Å². The second kappa shape index (κ2) is 8.39. The monoisotopic (exact) mass is 373 g/mol. The Bertz CT molecular complexity index is 802. The molecule has 8 nitrogen and oxygen atoms in total. The second-order valence-corrected chi connectivity index (χ2v) is 6.98. The van der Waals surface area contributed by atoms with Crippen LogP contribution >= 0.6 is 0 Å². The first-order valence-electron chi connectivity index (χ1n) is 9.39. The van der Waals surface area contributed by atoms with Gasteiger partial charge in [-0.25, -0.2) is 0 Å². The number of carbonyl (C=O) groups excluding carboxylic acids is 2. The summed E-state index contributed by atoms with van der Waals surface area (Å²) in [6.07, 6.45) is 5.19. The summed E-state index contributed by atoms with van der Waals surface area (Å²) in [6.45, 7) is 5.27. The van der Waals surface area contributed by atoms with E-state index in [4.69, 9.17) is 4.42 Å². The molecule has 1 fully saturated rings. The lowest BCUT2D eigenvalue weighted by Crippen LogP contribution is -2.28. The molecule has 1 aliphatic rings. The van der Waals surface area contributed by atoms with Crippen molar-refractivity contribution >= 4 is 17.5 Å². The van der Waals surface area contributed by atoms with Gasteiger partial charge in [0.05, 0.1) is 18.4 Å². The first-order valence-corrected chi connectivity index (χ1v) is 9.39. The lowest BCUT2D eigenvalue weighted by Gasteiger charge is -2.25. The predicted octanol–water partition coefficient (Wildman–Crippen LogP) is 2.44. The fourth-order valence-electron chi connectivity index (χ4n) is 3.26. The number of aromatic nitrogens is 2. The zero-order valence-electron chi connectivity index (χ0n) is 16.2. The topological polar surface area (TPSA) is 83.6 Å². The number of nitrogens with one attached hydrogen (secondary N) is 1.